The van der Waals surface area contributed by atoms with Gasteiger partial charge in [0, 0.05) is 27.6 Å². The zero-order chi connectivity index (χ0) is 14.8. The molecule has 0 radical (unpaired) electrons. The maximum absolute atomic E-state index is 12.2. The van der Waals surface area contributed by atoms with Gasteiger partial charge in [0.15, 0.2) is 0 Å². The zero-order valence-electron chi connectivity index (χ0n) is 11.9. The van der Waals surface area contributed by atoms with Crippen LogP contribution in [0.15, 0.2) is 28.7 Å². The fraction of sp³-hybridized carbons (Fsp3) is 0.400. The first-order chi connectivity index (χ1) is 10.1. The van der Waals surface area contributed by atoms with E-state index in [2.05, 4.69) is 38.4 Å². The Morgan fingerprint density at radius 2 is 2.38 bits per heavy atom. The number of amides is 2. The van der Waals surface area contributed by atoms with Crippen LogP contribution in [-0.2, 0) is 11.3 Å². The van der Waals surface area contributed by atoms with Crippen LogP contribution in [0.4, 0.5) is 4.79 Å². The van der Waals surface area contributed by atoms with E-state index in [1.54, 1.807) is 0 Å². The molecule has 2 aromatic rings. The summed E-state index contributed by atoms with van der Waals surface area (Å²) in [5.41, 5.74) is 2.07. The maximum atomic E-state index is 12.2. The molecule has 112 valence electrons. The van der Waals surface area contributed by atoms with Crippen molar-refractivity contribution in [3.8, 4) is 0 Å². The number of rotatable bonds is 2. The van der Waals surface area contributed by atoms with Crippen LogP contribution < -0.4 is 5.32 Å². The highest BCUT2D eigenvalue weighted by molar-refractivity contribution is 9.10. The minimum atomic E-state index is -0.0364. The third-order valence-corrected chi connectivity index (χ3v) is 4.19. The van der Waals surface area contributed by atoms with Crippen LogP contribution in [0.5, 0.6) is 0 Å². The fourth-order valence-corrected chi connectivity index (χ4v) is 2.94. The maximum Gasteiger partial charge on any atom is 0.318 e. The molecule has 21 heavy (non-hydrogen) atoms. The first kappa shape index (κ1) is 14.4. The number of benzene rings is 1. The number of urea groups is 1. The molecule has 2 amide bonds. The third kappa shape index (κ3) is 3.22. The number of nitrogens with one attached hydrogen (secondary N) is 2. The Morgan fingerprint density at radius 3 is 3.19 bits per heavy atom. The highest BCUT2D eigenvalue weighted by atomic mass is 79.9. The van der Waals surface area contributed by atoms with Gasteiger partial charge in [-0.15, -0.1) is 0 Å². The Hall–Kier alpha value is -1.53. The fourth-order valence-electron chi connectivity index (χ4n) is 2.56. The van der Waals surface area contributed by atoms with Crippen molar-refractivity contribution in [3.05, 3.63) is 34.4 Å². The second kappa shape index (κ2) is 6.07. The average molecular weight is 352 g/mol. The largest absolute Gasteiger partial charge is 0.377 e. The predicted molar refractivity (Wildman–Crippen MR) is 85.2 cm³/mol. The monoisotopic (exact) mass is 351 g/mol. The molecular formula is C15H18BrN3O2. The summed E-state index contributed by atoms with van der Waals surface area (Å²) in [7, 11) is 0. The van der Waals surface area contributed by atoms with Gasteiger partial charge in [0.05, 0.1) is 25.8 Å². The Kier molecular flexibility index (Phi) is 4.17. The Morgan fingerprint density at radius 1 is 1.52 bits per heavy atom. The van der Waals surface area contributed by atoms with E-state index in [4.69, 9.17) is 4.74 Å². The summed E-state index contributed by atoms with van der Waals surface area (Å²) < 4.78 is 6.39. The quantitative estimate of drug-likeness (QED) is 0.873. The lowest BCUT2D eigenvalue weighted by Crippen LogP contribution is -2.51. The van der Waals surface area contributed by atoms with Crippen molar-refractivity contribution in [1.29, 1.82) is 0 Å². The second-order valence-corrected chi connectivity index (χ2v) is 6.22. The van der Waals surface area contributed by atoms with Crippen molar-refractivity contribution >= 4 is 32.9 Å². The number of fused-ring (bicyclic) bond motifs is 1. The van der Waals surface area contributed by atoms with Gasteiger partial charge in [0.2, 0.25) is 0 Å². The van der Waals surface area contributed by atoms with Gasteiger partial charge >= 0.3 is 6.03 Å². The standard InChI is InChI=1S/C15H18BrN3O2/c1-10-9-21-5-4-19(10)15(20)17-8-13-7-11-6-12(16)2-3-14(11)18-13/h2-3,6-7,10,18H,4-5,8-9H2,1H3,(H,17,20)/t10-/m1/s1. The minimum absolute atomic E-state index is 0.0364. The van der Waals surface area contributed by atoms with Gasteiger partial charge in [0.1, 0.15) is 0 Å². The van der Waals surface area contributed by atoms with E-state index in [0.717, 1.165) is 21.1 Å². The van der Waals surface area contributed by atoms with E-state index in [1.807, 2.05) is 24.0 Å². The molecule has 1 aromatic carbocycles. The van der Waals surface area contributed by atoms with Gasteiger partial charge in [-0.05, 0) is 31.2 Å². The van der Waals surface area contributed by atoms with E-state index >= 15 is 0 Å². The summed E-state index contributed by atoms with van der Waals surface area (Å²) >= 11 is 3.46. The predicted octanol–water partition coefficient (Wildman–Crippen LogP) is 2.86. The summed E-state index contributed by atoms with van der Waals surface area (Å²) in [6.07, 6.45) is 0. The number of aromatic nitrogens is 1. The lowest BCUT2D eigenvalue weighted by atomic mass is 10.2. The molecule has 6 heteroatoms. The molecule has 3 rings (SSSR count). The van der Waals surface area contributed by atoms with Crippen molar-refractivity contribution < 1.29 is 9.53 Å². The molecule has 1 aromatic heterocycles. The summed E-state index contributed by atoms with van der Waals surface area (Å²) in [4.78, 5) is 17.3. The molecule has 1 atom stereocenters. The molecule has 1 aliphatic heterocycles. The van der Waals surface area contributed by atoms with Gasteiger partial charge < -0.3 is 19.9 Å². The van der Waals surface area contributed by atoms with E-state index in [-0.39, 0.29) is 12.1 Å². The molecule has 1 fully saturated rings. The van der Waals surface area contributed by atoms with Crippen molar-refractivity contribution in [2.45, 2.75) is 19.5 Å². The van der Waals surface area contributed by atoms with E-state index in [0.29, 0.717) is 26.3 Å². The normalized spacial score (nSPS) is 19.0. The van der Waals surface area contributed by atoms with Gasteiger partial charge in [-0.25, -0.2) is 4.79 Å². The zero-order valence-corrected chi connectivity index (χ0v) is 13.4. The molecular weight excluding hydrogens is 334 g/mol. The second-order valence-electron chi connectivity index (χ2n) is 5.30. The van der Waals surface area contributed by atoms with Gasteiger partial charge in [0.25, 0.3) is 0 Å². The molecule has 1 saturated heterocycles. The Balaban J connectivity index is 1.64. The summed E-state index contributed by atoms with van der Waals surface area (Å²) in [5, 5.41) is 4.10. The number of aromatic amines is 1. The summed E-state index contributed by atoms with van der Waals surface area (Å²) in [6.45, 7) is 4.35. The summed E-state index contributed by atoms with van der Waals surface area (Å²) in [5.74, 6) is 0. The lowest BCUT2D eigenvalue weighted by molar-refractivity contribution is 0.0189. The van der Waals surface area contributed by atoms with E-state index < -0.39 is 0 Å². The third-order valence-electron chi connectivity index (χ3n) is 3.70. The number of H-pyrrole nitrogens is 1. The van der Waals surface area contributed by atoms with Crippen molar-refractivity contribution in [1.82, 2.24) is 15.2 Å². The molecule has 0 bridgehead atoms. The number of carbonyl (C=O) groups excluding carboxylic acids is 1. The smallest absolute Gasteiger partial charge is 0.318 e. The molecule has 0 aliphatic carbocycles. The van der Waals surface area contributed by atoms with Gasteiger partial charge in [-0.1, -0.05) is 15.9 Å². The Bertz CT molecular complexity index is 655. The van der Waals surface area contributed by atoms with Crippen LogP contribution in [0.3, 0.4) is 0 Å². The van der Waals surface area contributed by atoms with Gasteiger partial charge in [-0.2, -0.15) is 0 Å². The number of nitrogens with zero attached hydrogens (tertiary/aromatic N) is 1. The number of halogens is 1. The number of hydrogen-bond acceptors (Lipinski definition) is 2. The first-order valence-corrected chi connectivity index (χ1v) is 7.82. The van der Waals surface area contributed by atoms with Crippen molar-refractivity contribution in [2.75, 3.05) is 19.8 Å². The van der Waals surface area contributed by atoms with E-state index in [1.165, 1.54) is 0 Å². The molecule has 0 unspecified atom stereocenters. The van der Waals surface area contributed by atoms with Crippen LogP contribution in [0.2, 0.25) is 0 Å². The topological polar surface area (TPSA) is 57.4 Å². The lowest BCUT2D eigenvalue weighted by Gasteiger charge is -2.33. The molecule has 2 N–H and O–H groups in total. The minimum Gasteiger partial charge on any atom is -0.377 e. The van der Waals surface area contributed by atoms with Crippen LogP contribution in [0.25, 0.3) is 10.9 Å². The average Bonchev–Trinajstić information content (AvgIpc) is 2.87. The van der Waals surface area contributed by atoms with E-state index in [9.17, 15) is 4.79 Å². The number of morpholine rings is 1. The SMILES string of the molecule is C[C@@H]1COCCN1C(=O)NCc1cc2cc(Br)ccc2[nH]1. The number of hydrogen-bond donors (Lipinski definition) is 2. The highest BCUT2D eigenvalue weighted by Crippen LogP contribution is 2.20. The molecule has 2 heterocycles. The summed E-state index contributed by atoms with van der Waals surface area (Å²) in [6, 6.07) is 8.22. The van der Waals surface area contributed by atoms with Crippen LogP contribution in [0.1, 0.15) is 12.6 Å². The van der Waals surface area contributed by atoms with Crippen molar-refractivity contribution in [2.24, 2.45) is 0 Å². The van der Waals surface area contributed by atoms with Crippen LogP contribution in [-0.4, -0.2) is 41.7 Å². The van der Waals surface area contributed by atoms with Crippen LogP contribution in [0, 0.1) is 0 Å². The first-order valence-electron chi connectivity index (χ1n) is 7.03. The number of carbonyl (C=O) groups is 1. The Labute approximate surface area is 131 Å². The molecule has 1 aliphatic rings. The van der Waals surface area contributed by atoms with Crippen molar-refractivity contribution in [3.63, 3.8) is 0 Å². The molecule has 5 nitrogen and oxygen atoms in total. The highest BCUT2D eigenvalue weighted by Gasteiger charge is 2.23. The molecule has 0 spiro atoms. The van der Waals surface area contributed by atoms with Gasteiger partial charge in [-0.3, -0.25) is 0 Å². The molecule has 0 saturated carbocycles. The van der Waals surface area contributed by atoms with Crippen LogP contribution >= 0.6 is 15.9 Å². The number of ether oxygens (including phenoxy) is 1.